The molecule has 214 valence electrons. The normalized spacial score (nSPS) is 12.6. The summed E-state index contributed by atoms with van der Waals surface area (Å²) in [6.07, 6.45) is 6.12. The first-order valence-electron chi connectivity index (χ1n) is 13.2. The van der Waals surface area contributed by atoms with Gasteiger partial charge in [0.25, 0.3) is 5.91 Å². The minimum Gasteiger partial charge on any atom is -0.481 e. The molecular formula is C30H31F2N5O4. The molecule has 0 aliphatic carbocycles. The van der Waals surface area contributed by atoms with E-state index in [0.29, 0.717) is 23.2 Å². The second-order valence-electron chi connectivity index (χ2n) is 10.1. The van der Waals surface area contributed by atoms with E-state index in [9.17, 15) is 23.9 Å². The molecule has 0 radical (unpaired) electrons. The van der Waals surface area contributed by atoms with Gasteiger partial charge in [-0.25, -0.2) is 13.8 Å². The van der Waals surface area contributed by atoms with Crippen molar-refractivity contribution in [3.63, 3.8) is 0 Å². The summed E-state index contributed by atoms with van der Waals surface area (Å²) in [7, 11) is 0. The van der Waals surface area contributed by atoms with E-state index in [1.54, 1.807) is 10.6 Å². The minimum absolute atomic E-state index is 0.0543. The zero-order valence-electron chi connectivity index (χ0n) is 23.2. The average molecular weight is 564 g/mol. The number of carbonyl (C=O) groups is 3. The summed E-state index contributed by atoms with van der Waals surface area (Å²) in [6.45, 7) is 7.44. The van der Waals surface area contributed by atoms with Crippen molar-refractivity contribution in [3.05, 3.63) is 88.6 Å². The maximum atomic E-state index is 15.2. The van der Waals surface area contributed by atoms with Crippen molar-refractivity contribution in [3.8, 4) is 11.1 Å². The van der Waals surface area contributed by atoms with Crippen molar-refractivity contribution < 1.29 is 28.3 Å². The molecule has 0 fully saturated rings. The van der Waals surface area contributed by atoms with Gasteiger partial charge in [0.15, 0.2) is 17.3 Å². The Hall–Kier alpha value is -4.67. The van der Waals surface area contributed by atoms with Gasteiger partial charge in [-0.15, -0.1) is 0 Å². The van der Waals surface area contributed by atoms with E-state index in [1.807, 2.05) is 39.8 Å². The zero-order valence-corrected chi connectivity index (χ0v) is 23.2. The Morgan fingerprint density at radius 3 is 2.39 bits per heavy atom. The highest BCUT2D eigenvalue weighted by atomic mass is 19.2. The third-order valence-electron chi connectivity index (χ3n) is 6.79. The first kappa shape index (κ1) is 29.3. The van der Waals surface area contributed by atoms with E-state index in [-0.39, 0.29) is 17.7 Å². The average Bonchev–Trinajstić information content (AvgIpc) is 3.33. The van der Waals surface area contributed by atoms with E-state index < -0.39 is 47.9 Å². The predicted molar refractivity (Wildman–Crippen MR) is 148 cm³/mol. The van der Waals surface area contributed by atoms with E-state index in [2.05, 4.69) is 20.6 Å². The van der Waals surface area contributed by atoms with Gasteiger partial charge < -0.3 is 20.1 Å². The second-order valence-corrected chi connectivity index (χ2v) is 10.1. The monoisotopic (exact) mass is 563 g/mol. The Morgan fingerprint density at radius 1 is 1.05 bits per heavy atom. The number of halogens is 2. The highest BCUT2D eigenvalue weighted by Gasteiger charge is 2.29. The van der Waals surface area contributed by atoms with Crippen LogP contribution in [0.4, 0.5) is 8.78 Å². The van der Waals surface area contributed by atoms with Gasteiger partial charge in [0.1, 0.15) is 11.7 Å². The maximum Gasteiger partial charge on any atom is 0.305 e. The number of aryl methyl sites for hydroxylation is 3. The summed E-state index contributed by atoms with van der Waals surface area (Å²) in [5.74, 6) is -5.10. The summed E-state index contributed by atoms with van der Waals surface area (Å²) in [4.78, 5) is 46.2. The summed E-state index contributed by atoms with van der Waals surface area (Å²) in [5.41, 5.74) is 3.92. The summed E-state index contributed by atoms with van der Waals surface area (Å²) in [5, 5.41) is 14.7. The number of carboxylic acid groups (broad SMARTS) is 1. The molecule has 2 amide bonds. The van der Waals surface area contributed by atoms with Crippen LogP contribution < -0.4 is 10.6 Å². The van der Waals surface area contributed by atoms with Crippen molar-refractivity contribution >= 4 is 23.4 Å². The Labute approximate surface area is 235 Å². The largest absolute Gasteiger partial charge is 0.481 e. The molecule has 0 saturated heterocycles. The molecule has 0 aliphatic heterocycles. The molecule has 2 heterocycles. The van der Waals surface area contributed by atoms with Crippen LogP contribution in [0.5, 0.6) is 0 Å². The van der Waals surface area contributed by atoms with Gasteiger partial charge in [-0.1, -0.05) is 31.0 Å². The quantitative estimate of drug-likeness (QED) is 0.254. The lowest BCUT2D eigenvalue weighted by Gasteiger charge is -2.24. The summed E-state index contributed by atoms with van der Waals surface area (Å²) >= 11 is 0. The first-order chi connectivity index (χ1) is 19.5. The first-order valence-corrected chi connectivity index (χ1v) is 13.2. The number of hydrogen-bond donors (Lipinski definition) is 3. The van der Waals surface area contributed by atoms with Crippen LogP contribution in [0.3, 0.4) is 0 Å². The fourth-order valence-electron chi connectivity index (χ4n) is 5.07. The van der Waals surface area contributed by atoms with Crippen LogP contribution in [0.15, 0.2) is 49.1 Å². The number of nitrogens with one attached hydrogen (secondary N) is 2. The smallest absolute Gasteiger partial charge is 0.305 e. The Bertz CT molecular complexity index is 1580. The van der Waals surface area contributed by atoms with E-state index in [4.69, 9.17) is 0 Å². The number of fused-ring (bicyclic) bond motifs is 1. The van der Waals surface area contributed by atoms with Crippen molar-refractivity contribution in [2.45, 2.75) is 59.0 Å². The Kier molecular flexibility index (Phi) is 8.75. The fourth-order valence-corrected chi connectivity index (χ4v) is 5.07. The maximum absolute atomic E-state index is 15.2. The van der Waals surface area contributed by atoms with Crippen molar-refractivity contribution in [2.75, 3.05) is 0 Å². The molecule has 0 aliphatic rings. The fraction of sp³-hybridized carbons (Fsp3) is 0.300. The van der Waals surface area contributed by atoms with Crippen LogP contribution in [0.2, 0.25) is 0 Å². The third kappa shape index (κ3) is 6.56. The summed E-state index contributed by atoms with van der Waals surface area (Å²) < 4.78 is 31.7. The number of nitrogens with zero attached hydrogens (tertiary/aromatic N) is 3. The number of rotatable bonds is 10. The number of carboxylic acids is 1. The van der Waals surface area contributed by atoms with Crippen molar-refractivity contribution in [1.29, 1.82) is 0 Å². The topological polar surface area (TPSA) is 126 Å². The number of imidazole rings is 1. The molecule has 1 unspecified atom stereocenters. The Balaban J connectivity index is 1.65. The van der Waals surface area contributed by atoms with Gasteiger partial charge in [0.2, 0.25) is 5.91 Å². The zero-order chi connectivity index (χ0) is 29.8. The molecular weight excluding hydrogens is 532 g/mol. The van der Waals surface area contributed by atoms with E-state index >= 15 is 4.39 Å². The number of hydrogen-bond acceptors (Lipinski definition) is 5. The lowest BCUT2D eigenvalue weighted by Crippen LogP contribution is -2.48. The van der Waals surface area contributed by atoms with Gasteiger partial charge in [0.05, 0.1) is 18.7 Å². The molecule has 2 atom stereocenters. The molecule has 41 heavy (non-hydrogen) atoms. The van der Waals surface area contributed by atoms with Gasteiger partial charge in [0, 0.05) is 24.2 Å². The lowest BCUT2D eigenvalue weighted by molar-refractivity contribution is -0.137. The molecule has 11 heteroatoms. The molecule has 2 aromatic heterocycles. The van der Waals surface area contributed by atoms with Gasteiger partial charge in [-0.05, 0) is 61.6 Å². The van der Waals surface area contributed by atoms with Crippen LogP contribution in [-0.4, -0.2) is 43.3 Å². The molecule has 2 aromatic carbocycles. The van der Waals surface area contributed by atoms with Crippen LogP contribution in [0, 0.1) is 32.4 Å². The van der Waals surface area contributed by atoms with Crippen LogP contribution in [-0.2, 0) is 9.59 Å². The van der Waals surface area contributed by atoms with Crippen LogP contribution in [0.1, 0.15) is 65.0 Å². The number of carbonyl (C=O) groups excluding carboxylic acids is 2. The van der Waals surface area contributed by atoms with Crippen LogP contribution >= 0.6 is 0 Å². The van der Waals surface area contributed by atoms with Gasteiger partial charge >= 0.3 is 5.97 Å². The molecule has 4 aromatic rings. The molecule has 9 nitrogen and oxygen atoms in total. The molecule has 0 spiro atoms. The molecule has 0 bridgehead atoms. The lowest BCUT2D eigenvalue weighted by atomic mass is 9.91. The highest BCUT2D eigenvalue weighted by molar-refractivity contribution is 5.96. The number of benzene rings is 2. The molecule has 3 N–H and O–H groups in total. The number of aliphatic carboxylic acids is 1. The summed E-state index contributed by atoms with van der Waals surface area (Å²) in [6, 6.07) is 3.78. The van der Waals surface area contributed by atoms with E-state index in [1.165, 1.54) is 24.7 Å². The predicted octanol–water partition coefficient (Wildman–Crippen LogP) is 4.83. The minimum atomic E-state index is -1.40. The SMILES string of the molecule is CCC[C@H](NC(=O)c1cn2ccncc2n1)C(=O)NC(CC(=O)O)c1cc(-c2c(C)cc(C)cc2C)cc(F)c1F. The van der Waals surface area contributed by atoms with Crippen molar-refractivity contribution in [1.82, 2.24) is 25.0 Å². The standard InChI is InChI=1S/C30H31F2N5O4/c1-5-6-22(35-30(41)24-15-37-8-7-33-14-25(37)34-24)29(40)36-23(13-26(38)39)20-11-19(12-21(31)28(20)32)27-17(3)9-16(2)10-18(27)4/h7-12,14-15,22-23H,5-6,13H2,1-4H3,(H,35,41)(H,36,40)(H,38,39)/t22-,23?/m0/s1. The van der Waals surface area contributed by atoms with Gasteiger partial charge in [-0.3, -0.25) is 19.4 Å². The third-order valence-corrected chi connectivity index (χ3v) is 6.79. The van der Waals surface area contributed by atoms with Gasteiger partial charge in [-0.2, -0.15) is 0 Å². The van der Waals surface area contributed by atoms with Crippen molar-refractivity contribution in [2.24, 2.45) is 0 Å². The van der Waals surface area contributed by atoms with Crippen LogP contribution in [0.25, 0.3) is 16.8 Å². The molecule has 0 saturated carbocycles. The second kappa shape index (κ2) is 12.2. The molecule has 4 rings (SSSR count). The highest BCUT2D eigenvalue weighted by Crippen LogP contribution is 2.33. The number of aromatic nitrogens is 3. The number of amides is 2. The Morgan fingerprint density at radius 2 is 1.76 bits per heavy atom. The van der Waals surface area contributed by atoms with E-state index in [0.717, 1.165) is 22.8 Å².